The molecule has 0 aliphatic heterocycles. The topological polar surface area (TPSA) is 77.1 Å². The number of alkyl halides is 3. The van der Waals surface area contributed by atoms with Crippen LogP contribution in [0.2, 0.25) is 0 Å². The van der Waals surface area contributed by atoms with Gasteiger partial charge in [0.05, 0.1) is 17.2 Å². The average molecular weight is 487 g/mol. The van der Waals surface area contributed by atoms with E-state index in [1.807, 2.05) is 6.92 Å². The molecule has 182 valence electrons. The highest BCUT2D eigenvalue weighted by molar-refractivity contribution is 5.45. The molecule has 3 aromatic rings. The van der Waals surface area contributed by atoms with Crippen molar-refractivity contribution in [2.75, 3.05) is 0 Å². The fourth-order valence-corrected chi connectivity index (χ4v) is 3.17. The first kappa shape index (κ1) is 25.5. The maximum atomic E-state index is 14.5. The second-order valence-electron chi connectivity index (χ2n) is 7.81. The third kappa shape index (κ3) is 6.26. The molecule has 1 atom stereocenters. The van der Waals surface area contributed by atoms with Crippen molar-refractivity contribution in [1.29, 1.82) is 5.26 Å². The van der Waals surface area contributed by atoms with E-state index in [0.717, 1.165) is 18.2 Å². The molecule has 1 heterocycles. The maximum absolute atomic E-state index is 14.5. The Morgan fingerprint density at radius 2 is 1.97 bits per heavy atom. The van der Waals surface area contributed by atoms with Crippen molar-refractivity contribution in [2.45, 2.75) is 33.2 Å². The number of halogens is 4. The van der Waals surface area contributed by atoms with Crippen molar-refractivity contribution in [3.63, 3.8) is 0 Å². The summed E-state index contributed by atoms with van der Waals surface area (Å²) < 4.78 is 66.2. The van der Waals surface area contributed by atoms with Gasteiger partial charge in [0.15, 0.2) is 11.6 Å². The lowest BCUT2D eigenvalue weighted by Crippen LogP contribution is -2.27. The highest BCUT2D eigenvalue weighted by Gasteiger charge is 2.34. The summed E-state index contributed by atoms with van der Waals surface area (Å²) in [7, 11) is 0. The number of rotatable bonds is 8. The SMILES string of the molecule is C=CC(C)Cn1c(C)cc(OCc2ccc(Oc3ccc(C#N)c(C(F)(F)F)c3)c(F)c2)nc1=O. The third-order valence-corrected chi connectivity index (χ3v) is 5.10. The molecule has 1 unspecified atom stereocenters. The van der Waals surface area contributed by atoms with Crippen LogP contribution in [0.5, 0.6) is 17.4 Å². The lowest BCUT2D eigenvalue weighted by Gasteiger charge is -2.14. The molecule has 0 amide bonds. The Labute approximate surface area is 198 Å². The summed E-state index contributed by atoms with van der Waals surface area (Å²) in [5.74, 6) is -1.26. The minimum absolute atomic E-state index is 0.0769. The summed E-state index contributed by atoms with van der Waals surface area (Å²) in [5.41, 5.74) is -1.20. The highest BCUT2D eigenvalue weighted by atomic mass is 19.4. The first-order valence-corrected chi connectivity index (χ1v) is 10.4. The first-order valence-electron chi connectivity index (χ1n) is 10.4. The van der Waals surface area contributed by atoms with Gasteiger partial charge in [-0.15, -0.1) is 6.58 Å². The van der Waals surface area contributed by atoms with Crippen LogP contribution in [-0.2, 0) is 19.3 Å². The number of hydrogen-bond donors (Lipinski definition) is 0. The Morgan fingerprint density at radius 1 is 1.23 bits per heavy atom. The van der Waals surface area contributed by atoms with Gasteiger partial charge in [0.1, 0.15) is 12.4 Å². The molecule has 0 bridgehead atoms. The maximum Gasteiger partial charge on any atom is 0.417 e. The molecule has 0 radical (unpaired) electrons. The number of nitriles is 1. The third-order valence-electron chi connectivity index (χ3n) is 5.10. The number of ether oxygens (including phenoxy) is 2. The van der Waals surface area contributed by atoms with Crippen LogP contribution in [0.15, 0.2) is 59.9 Å². The Kier molecular flexibility index (Phi) is 7.59. The molecule has 0 N–H and O–H groups in total. The molecule has 0 saturated heterocycles. The van der Waals surface area contributed by atoms with Gasteiger partial charge < -0.3 is 9.47 Å². The van der Waals surface area contributed by atoms with E-state index in [4.69, 9.17) is 14.7 Å². The summed E-state index contributed by atoms with van der Waals surface area (Å²) in [4.78, 5) is 16.2. The second kappa shape index (κ2) is 10.4. The lowest BCUT2D eigenvalue weighted by molar-refractivity contribution is -0.137. The van der Waals surface area contributed by atoms with Crippen molar-refractivity contribution < 1.29 is 27.0 Å². The molecular weight excluding hydrogens is 466 g/mol. The number of nitrogens with zero attached hydrogens (tertiary/aromatic N) is 3. The normalized spacial score (nSPS) is 12.0. The summed E-state index contributed by atoms with van der Waals surface area (Å²) in [6.07, 6.45) is -3.03. The van der Waals surface area contributed by atoms with E-state index in [1.54, 1.807) is 19.1 Å². The van der Waals surface area contributed by atoms with Gasteiger partial charge in [-0.25, -0.2) is 9.18 Å². The molecular formula is C25H21F4N3O3. The highest BCUT2D eigenvalue weighted by Crippen LogP contribution is 2.35. The summed E-state index contributed by atoms with van der Waals surface area (Å²) >= 11 is 0. The molecule has 0 aliphatic carbocycles. The minimum Gasteiger partial charge on any atom is -0.473 e. The zero-order valence-electron chi connectivity index (χ0n) is 18.9. The molecule has 3 rings (SSSR count). The Bertz CT molecular complexity index is 1340. The van der Waals surface area contributed by atoms with Crippen LogP contribution in [0.25, 0.3) is 0 Å². The van der Waals surface area contributed by atoms with E-state index < -0.39 is 28.8 Å². The Morgan fingerprint density at radius 3 is 2.57 bits per heavy atom. The molecule has 0 saturated carbocycles. The number of benzene rings is 2. The van der Waals surface area contributed by atoms with E-state index in [-0.39, 0.29) is 29.9 Å². The Balaban J connectivity index is 1.72. The fourth-order valence-electron chi connectivity index (χ4n) is 3.17. The van der Waals surface area contributed by atoms with Gasteiger partial charge in [-0.3, -0.25) is 4.57 Å². The standard InChI is InChI=1S/C25H21F4N3O3/c1-4-15(2)13-32-16(3)9-23(31-24(32)33)34-14-17-5-8-22(21(26)10-17)35-19-7-6-18(12-30)20(11-19)25(27,28)29/h4-11,15H,1,13-14H2,2-3H3. The molecule has 0 fully saturated rings. The zero-order chi connectivity index (χ0) is 25.8. The Hall–Kier alpha value is -4.13. The van der Waals surface area contributed by atoms with Gasteiger partial charge in [-0.05, 0) is 48.7 Å². The fraction of sp³-hybridized carbons (Fsp3) is 0.240. The van der Waals surface area contributed by atoms with Gasteiger partial charge in [-0.2, -0.15) is 23.4 Å². The largest absolute Gasteiger partial charge is 0.473 e. The van der Waals surface area contributed by atoms with Crippen LogP contribution in [0.1, 0.15) is 29.3 Å². The van der Waals surface area contributed by atoms with Crippen molar-refractivity contribution >= 4 is 0 Å². The summed E-state index contributed by atoms with van der Waals surface area (Å²) in [6.45, 7) is 7.68. The van der Waals surface area contributed by atoms with Crippen molar-refractivity contribution in [1.82, 2.24) is 9.55 Å². The molecule has 2 aromatic carbocycles. The van der Waals surface area contributed by atoms with Gasteiger partial charge in [0.25, 0.3) is 0 Å². The van der Waals surface area contributed by atoms with Crippen LogP contribution in [0.3, 0.4) is 0 Å². The predicted molar refractivity (Wildman–Crippen MR) is 120 cm³/mol. The molecule has 0 aliphatic rings. The van der Waals surface area contributed by atoms with E-state index in [1.165, 1.54) is 22.8 Å². The van der Waals surface area contributed by atoms with E-state index in [0.29, 0.717) is 23.9 Å². The number of allylic oxidation sites excluding steroid dienone is 1. The summed E-state index contributed by atoms with van der Waals surface area (Å²) in [6, 6.07) is 9.61. The quantitative estimate of drug-likeness (QED) is 0.298. The van der Waals surface area contributed by atoms with Crippen molar-refractivity contribution in [3.05, 3.63) is 93.8 Å². The minimum atomic E-state index is -4.76. The van der Waals surface area contributed by atoms with Gasteiger partial charge >= 0.3 is 11.9 Å². The van der Waals surface area contributed by atoms with E-state index in [9.17, 15) is 22.4 Å². The molecule has 10 heteroatoms. The number of aryl methyl sites for hydroxylation is 1. The predicted octanol–water partition coefficient (Wildman–Crippen LogP) is 5.77. The van der Waals surface area contributed by atoms with Gasteiger partial charge in [0, 0.05) is 18.3 Å². The van der Waals surface area contributed by atoms with Crippen molar-refractivity contribution in [3.8, 4) is 23.4 Å². The molecule has 1 aromatic heterocycles. The van der Waals surface area contributed by atoms with E-state index in [2.05, 4.69) is 11.6 Å². The number of hydrogen-bond acceptors (Lipinski definition) is 5. The number of aromatic nitrogens is 2. The van der Waals surface area contributed by atoms with Gasteiger partial charge in [-0.1, -0.05) is 19.1 Å². The molecule has 0 spiro atoms. The summed E-state index contributed by atoms with van der Waals surface area (Å²) in [5, 5.41) is 8.87. The monoisotopic (exact) mass is 487 g/mol. The zero-order valence-corrected chi connectivity index (χ0v) is 18.9. The van der Waals surface area contributed by atoms with Crippen molar-refractivity contribution in [2.24, 2.45) is 5.92 Å². The average Bonchev–Trinajstić information content (AvgIpc) is 2.80. The van der Waals surface area contributed by atoms with Crippen LogP contribution in [0.4, 0.5) is 17.6 Å². The molecule has 35 heavy (non-hydrogen) atoms. The smallest absolute Gasteiger partial charge is 0.417 e. The van der Waals surface area contributed by atoms with Crippen LogP contribution < -0.4 is 15.2 Å². The molecule has 6 nitrogen and oxygen atoms in total. The second-order valence-corrected chi connectivity index (χ2v) is 7.81. The van der Waals surface area contributed by atoms with Crippen LogP contribution >= 0.6 is 0 Å². The first-order chi connectivity index (χ1) is 16.5. The van der Waals surface area contributed by atoms with Crippen LogP contribution in [-0.4, -0.2) is 9.55 Å². The van der Waals surface area contributed by atoms with Crippen LogP contribution in [0, 0.1) is 30.0 Å². The van der Waals surface area contributed by atoms with E-state index >= 15 is 0 Å². The van der Waals surface area contributed by atoms with Gasteiger partial charge in [0.2, 0.25) is 5.88 Å². The lowest BCUT2D eigenvalue weighted by atomic mass is 10.1.